The number of imidazole rings is 1. The maximum absolute atomic E-state index is 5.00. The van der Waals surface area contributed by atoms with Gasteiger partial charge in [-0.25, -0.2) is 0 Å². The van der Waals surface area contributed by atoms with E-state index in [1.807, 2.05) is 31.3 Å². The van der Waals surface area contributed by atoms with Crippen LogP contribution in [0.25, 0.3) is 0 Å². The molecule has 2 aromatic rings. The van der Waals surface area contributed by atoms with Gasteiger partial charge in [-0.1, -0.05) is 13.0 Å². The first-order valence-corrected chi connectivity index (χ1v) is 5.29. The molecule has 0 radical (unpaired) electrons. The predicted octanol–water partition coefficient (Wildman–Crippen LogP) is 2.93. The Morgan fingerprint density at radius 1 is 1.40 bits per heavy atom. The van der Waals surface area contributed by atoms with Crippen LogP contribution in [0.4, 0.5) is 0 Å². The summed E-state index contributed by atoms with van der Waals surface area (Å²) in [5.41, 5.74) is 3.16. The number of aromatic nitrogens is 3. The number of H-pyrrole nitrogens is 2. The van der Waals surface area contributed by atoms with Crippen LogP contribution < -0.4 is 0 Å². The lowest BCUT2D eigenvalue weighted by Crippen LogP contribution is -2.00. The Bertz CT molecular complexity index is 512. The van der Waals surface area contributed by atoms with Gasteiger partial charge in [0.25, 0.3) is 0 Å². The second-order valence-electron chi connectivity index (χ2n) is 3.62. The lowest BCUT2D eigenvalue weighted by atomic mass is 10.0. The molecule has 78 valence electrons. The molecule has 15 heavy (non-hydrogen) atoms. The van der Waals surface area contributed by atoms with Crippen molar-refractivity contribution in [2.45, 2.75) is 19.8 Å². The van der Waals surface area contributed by atoms with E-state index in [0.717, 1.165) is 17.1 Å². The van der Waals surface area contributed by atoms with Crippen molar-refractivity contribution in [3.63, 3.8) is 0 Å². The Morgan fingerprint density at radius 2 is 2.20 bits per heavy atom. The summed E-state index contributed by atoms with van der Waals surface area (Å²) in [6.07, 6.45) is 1.90. The largest absolute Gasteiger partial charge is 0.337 e. The third kappa shape index (κ3) is 2.15. The summed E-state index contributed by atoms with van der Waals surface area (Å²) in [5.74, 6) is 0.234. The number of pyridine rings is 1. The third-order valence-corrected chi connectivity index (χ3v) is 2.66. The smallest absolute Gasteiger partial charge is 0.174 e. The highest BCUT2D eigenvalue weighted by Gasteiger charge is 2.10. The SMILES string of the molecule is Cc1cccc(C(C)c2c[nH]c(=S)[nH]2)n1. The monoisotopic (exact) mass is 219 g/mol. The second kappa shape index (κ2) is 3.98. The molecule has 2 rings (SSSR count). The van der Waals surface area contributed by atoms with Crippen molar-refractivity contribution in [1.29, 1.82) is 0 Å². The van der Waals surface area contributed by atoms with Crippen LogP contribution in [-0.2, 0) is 0 Å². The minimum Gasteiger partial charge on any atom is -0.337 e. The summed E-state index contributed by atoms with van der Waals surface area (Å²) >= 11 is 5.00. The van der Waals surface area contributed by atoms with Gasteiger partial charge < -0.3 is 9.97 Å². The number of nitrogens with zero attached hydrogens (tertiary/aromatic N) is 1. The van der Waals surface area contributed by atoms with E-state index < -0.39 is 0 Å². The standard InChI is InChI=1S/C11H13N3S/c1-7-4-3-5-9(13-7)8(2)10-6-12-11(15)14-10/h3-6,8H,1-2H3,(H2,12,14,15). The lowest BCUT2D eigenvalue weighted by molar-refractivity contribution is 0.832. The molecule has 2 heterocycles. The van der Waals surface area contributed by atoms with E-state index in [2.05, 4.69) is 21.9 Å². The van der Waals surface area contributed by atoms with Crippen LogP contribution >= 0.6 is 12.2 Å². The first-order chi connectivity index (χ1) is 7.16. The molecule has 0 bridgehead atoms. The zero-order valence-electron chi connectivity index (χ0n) is 8.74. The molecule has 2 aromatic heterocycles. The minimum absolute atomic E-state index is 0.234. The minimum atomic E-state index is 0.234. The highest BCUT2D eigenvalue weighted by molar-refractivity contribution is 7.71. The maximum atomic E-state index is 5.00. The summed E-state index contributed by atoms with van der Waals surface area (Å²) in [4.78, 5) is 10.6. The number of rotatable bonds is 2. The van der Waals surface area contributed by atoms with Crippen LogP contribution in [0.15, 0.2) is 24.4 Å². The van der Waals surface area contributed by atoms with E-state index in [1.165, 1.54) is 0 Å². The second-order valence-corrected chi connectivity index (χ2v) is 4.03. The van der Waals surface area contributed by atoms with Crippen molar-refractivity contribution in [3.8, 4) is 0 Å². The average molecular weight is 219 g/mol. The fraction of sp³-hybridized carbons (Fsp3) is 0.273. The highest BCUT2D eigenvalue weighted by Crippen LogP contribution is 2.20. The zero-order valence-corrected chi connectivity index (χ0v) is 9.56. The lowest BCUT2D eigenvalue weighted by Gasteiger charge is -2.08. The number of hydrogen-bond acceptors (Lipinski definition) is 2. The van der Waals surface area contributed by atoms with Crippen molar-refractivity contribution in [1.82, 2.24) is 15.0 Å². The molecular weight excluding hydrogens is 206 g/mol. The van der Waals surface area contributed by atoms with Crippen LogP contribution in [-0.4, -0.2) is 15.0 Å². The summed E-state index contributed by atoms with van der Waals surface area (Å²) < 4.78 is 0.657. The molecule has 0 amide bonds. The van der Waals surface area contributed by atoms with Crippen molar-refractivity contribution in [2.24, 2.45) is 0 Å². The number of nitrogens with one attached hydrogen (secondary N) is 2. The van der Waals surface area contributed by atoms with Gasteiger partial charge in [-0.05, 0) is 31.3 Å². The van der Waals surface area contributed by atoms with Gasteiger partial charge in [0.05, 0.1) is 0 Å². The number of hydrogen-bond donors (Lipinski definition) is 2. The van der Waals surface area contributed by atoms with Crippen molar-refractivity contribution in [2.75, 3.05) is 0 Å². The van der Waals surface area contributed by atoms with Crippen LogP contribution in [0.2, 0.25) is 0 Å². The average Bonchev–Trinajstić information content (AvgIpc) is 2.64. The summed E-state index contributed by atoms with van der Waals surface area (Å²) in [6.45, 7) is 4.10. The molecule has 3 nitrogen and oxygen atoms in total. The molecule has 0 aliphatic heterocycles. The van der Waals surface area contributed by atoms with Gasteiger partial charge in [0, 0.05) is 29.2 Å². The van der Waals surface area contributed by atoms with Crippen LogP contribution in [0.3, 0.4) is 0 Å². The molecule has 0 aliphatic rings. The van der Waals surface area contributed by atoms with E-state index in [-0.39, 0.29) is 5.92 Å². The van der Waals surface area contributed by atoms with E-state index in [1.54, 1.807) is 0 Å². The molecule has 0 aliphatic carbocycles. The molecule has 0 spiro atoms. The molecule has 1 atom stereocenters. The van der Waals surface area contributed by atoms with Gasteiger partial charge in [-0.3, -0.25) is 4.98 Å². The molecule has 0 aromatic carbocycles. The molecule has 4 heteroatoms. The van der Waals surface area contributed by atoms with Gasteiger partial charge in [-0.15, -0.1) is 0 Å². The molecule has 1 unspecified atom stereocenters. The Kier molecular flexibility index (Phi) is 2.68. The van der Waals surface area contributed by atoms with Gasteiger partial charge >= 0.3 is 0 Å². The summed E-state index contributed by atoms with van der Waals surface area (Å²) in [7, 11) is 0. The van der Waals surface area contributed by atoms with Crippen LogP contribution in [0, 0.1) is 11.7 Å². The van der Waals surface area contributed by atoms with Crippen molar-refractivity contribution >= 4 is 12.2 Å². The zero-order chi connectivity index (χ0) is 10.8. The Balaban J connectivity index is 2.36. The van der Waals surface area contributed by atoms with Crippen molar-refractivity contribution < 1.29 is 0 Å². The van der Waals surface area contributed by atoms with Gasteiger partial charge in [-0.2, -0.15) is 0 Å². The highest BCUT2D eigenvalue weighted by atomic mass is 32.1. The van der Waals surface area contributed by atoms with E-state index in [9.17, 15) is 0 Å². The van der Waals surface area contributed by atoms with Crippen LogP contribution in [0.5, 0.6) is 0 Å². The fourth-order valence-electron chi connectivity index (χ4n) is 1.54. The van der Waals surface area contributed by atoms with Gasteiger partial charge in [0.2, 0.25) is 0 Å². The molecule has 0 fully saturated rings. The van der Waals surface area contributed by atoms with E-state index in [4.69, 9.17) is 12.2 Å². The molecule has 0 saturated heterocycles. The molecule has 2 N–H and O–H groups in total. The fourth-order valence-corrected chi connectivity index (χ4v) is 1.72. The summed E-state index contributed by atoms with van der Waals surface area (Å²) in [6, 6.07) is 6.05. The van der Waals surface area contributed by atoms with Gasteiger partial charge in [0.1, 0.15) is 0 Å². The molecular formula is C11H13N3S. The summed E-state index contributed by atoms with van der Waals surface area (Å²) in [5, 5.41) is 0. The quantitative estimate of drug-likeness (QED) is 0.763. The Hall–Kier alpha value is -1.42. The normalized spacial score (nSPS) is 12.7. The number of aromatic amines is 2. The Morgan fingerprint density at radius 3 is 2.80 bits per heavy atom. The topological polar surface area (TPSA) is 44.5 Å². The third-order valence-electron chi connectivity index (χ3n) is 2.44. The first kappa shape index (κ1) is 10.1. The van der Waals surface area contributed by atoms with Gasteiger partial charge in [0.15, 0.2) is 4.77 Å². The first-order valence-electron chi connectivity index (χ1n) is 4.88. The Labute approximate surface area is 93.6 Å². The van der Waals surface area contributed by atoms with Crippen molar-refractivity contribution in [3.05, 3.63) is 46.2 Å². The van der Waals surface area contributed by atoms with E-state index in [0.29, 0.717) is 4.77 Å². The maximum Gasteiger partial charge on any atom is 0.174 e. The number of aryl methyl sites for hydroxylation is 1. The molecule has 0 saturated carbocycles. The van der Waals surface area contributed by atoms with E-state index >= 15 is 0 Å². The predicted molar refractivity (Wildman–Crippen MR) is 62.5 cm³/mol. The van der Waals surface area contributed by atoms with Crippen LogP contribution in [0.1, 0.15) is 29.9 Å².